The Labute approximate surface area is 82.9 Å². The minimum Gasteiger partial charge on any atom is -0.376 e. The predicted molar refractivity (Wildman–Crippen MR) is 52.7 cm³/mol. The van der Waals surface area contributed by atoms with Gasteiger partial charge in [-0.3, -0.25) is 0 Å². The van der Waals surface area contributed by atoms with E-state index in [9.17, 15) is 4.39 Å². The van der Waals surface area contributed by atoms with Gasteiger partial charge in [0, 0.05) is 6.54 Å². The highest BCUT2D eigenvalue weighted by molar-refractivity contribution is 5.34. The summed E-state index contributed by atoms with van der Waals surface area (Å²) in [6, 6.07) is 5.65. The molecule has 1 aromatic rings. The standard InChI is InChI=1S/C11H14FNO/c12-11(6-13)9-1-2-10-7-14-4-3-8(10)5-9/h1-2,5,11H,3-4,6-7,13H2. The van der Waals surface area contributed by atoms with Crippen molar-refractivity contribution >= 4 is 0 Å². The van der Waals surface area contributed by atoms with Crippen molar-refractivity contribution in [3.8, 4) is 0 Å². The van der Waals surface area contributed by atoms with E-state index in [0.29, 0.717) is 12.2 Å². The van der Waals surface area contributed by atoms with Crippen LogP contribution in [0.1, 0.15) is 22.9 Å². The topological polar surface area (TPSA) is 35.2 Å². The van der Waals surface area contributed by atoms with Gasteiger partial charge in [0.15, 0.2) is 0 Å². The summed E-state index contributed by atoms with van der Waals surface area (Å²) in [7, 11) is 0. The van der Waals surface area contributed by atoms with Gasteiger partial charge >= 0.3 is 0 Å². The van der Waals surface area contributed by atoms with E-state index >= 15 is 0 Å². The zero-order valence-corrected chi connectivity index (χ0v) is 8.00. The number of hydrogen-bond donors (Lipinski definition) is 1. The largest absolute Gasteiger partial charge is 0.376 e. The van der Waals surface area contributed by atoms with Crippen molar-refractivity contribution in [2.75, 3.05) is 13.2 Å². The van der Waals surface area contributed by atoms with Crippen molar-refractivity contribution in [3.05, 3.63) is 34.9 Å². The number of benzene rings is 1. The molecule has 2 rings (SSSR count). The SMILES string of the molecule is NCC(F)c1ccc2c(c1)CCOC2. The van der Waals surface area contributed by atoms with Crippen LogP contribution in [0.5, 0.6) is 0 Å². The second-order valence-corrected chi connectivity index (χ2v) is 3.53. The maximum absolute atomic E-state index is 13.3. The van der Waals surface area contributed by atoms with Crippen LogP contribution in [0.4, 0.5) is 4.39 Å². The average Bonchev–Trinajstić information content (AvgIpc) is 2.27. The first kappa shape index (κ1) is 9.62. The van der Waals surface area contributed by atoms with Crippen LogP contribution in [0.2, 0.25) is 0 Å². The van der Waals surface area contributed by atoms with Gasteiger partial charge in [0.25, 0.3) is 0 Å². The van der Waals surface area contributed by atoms with Crippen LogP contribution in [0.3, 0.4) is 0 Å². The Morgan fingerprint density at radius 3 is 3.07 bits per heavy atom. The first-order chi connectivity index (χ1) is 6.81. The lowest BCUT2D eigenvalue weighted by Gasteiger charge is -2.18. The first-order valence-electron chi connectivity index (χ1n) is 4.85. The smallest absolute Gasteiger partial charge is 0.137 e. The van der Waals surface area contributed by atoms with E-state index in [-0.39, 0.29) is 6.54 Å². The van der Waals surface area contributed by atoms with Crippen molar-refractivity contribution in [2.24, 2.45) is 5.73 Å². The molecule has 0 saturated heterocycles. The molecule has 0 spiro atoms. The fourth-order valence-electron chi connectivity index (χ4n) is 1.71. The predicted octanol–water partition coefficient (Wildman–Crippen LogP) is 1.73. The monoisotopic (exact) mass is 195 g/mol. The van der Waals surface area contributed by atoms with Gasteiger partial charge in [-0.25, -0.2) is 4.39 Å². The Morgan fingerprint density at radius 1 is 1.43 bits per heavy atom. The highest BCUT2D eigenvalue weighted by Crippen LogP contribution is 2.23. The van der Waals surface area contributed by atoms with Crippen molar-refractivity contribution in [2.45, 2.75) is 19.2 Å². The minimum atomic E-state index is -1.04. The van der Waals surface area contributed by atoms with Gasteiger partial charge in [-0.1, -0.05) is 18.2 Å². The summed E-state index contributed by atoms with van der Waals surface area (Å²) >= 11 is 0. The number of nitrogens with two attached hydrogens (primary N) is 1. The molecule has 1 aromatic carbocycles. The summed E-state index contributed by atoms with van der Waals surface area (Å²) in [5.74, 6) is 0. The number of fused-ring (bicyclic) bond motifs is 1. The Balaban J connectivity index is 2.29. The minimum absolute atomic E-state index is 0.0509. The third-order valence-corrected chi connectivity index (χ3v) is 2.57. The number of hydrogen-bond acceptors (Lipinski definition) is 2. The molecule has 0 amide bonds. The average molecular weight is 195 g/mol. The van der Waals surface area contributed by atoms with Crippen molar-refractivity contribution < 1.29 is 9.13 Å². The van der Waals surface area contributed by atoms with Crippen LogP contribution in [-0.2, 0) is 17.8 Å². The Bertz CT molecular complexity index is 327. The molecule has 0 radical (unpaired) electrons. The Kier molecular flexibility index (Phi) is 2.79. The summed E-state index contributed by atoms with van der Waals surface area (Å²) in [6.45, 7) is 1.43. The Morgan fingerprint density at radius 2 is 2.29 bits per heavy atom. The molecule has 0 fully saturated rings. The summed E-state index contributed by atoms with van der Waals surface area (Å²) in [4.78, 5) is 0. The van der Waals surface area contributed by atoms with Gasteiger partial charge in [-0.2, -0.15) is 0 Å². The molecule has 1 atom stereocenters. The van der Waals surface area contributed by atoms with Crippen LogP contribution in [0, 0.1) is 0 Å². The van der Waals surface area contributed by atoms with Crippen molar-refractivity contribution in [1.29, 1.82) is 0 Å². The van der Waals surface area contributed by atoms with Gasteiger partial charge in [0.05, 0.1) is 13.2 Å². The van der Waals surface area contributed by atoms with E-state index in [4.69, 9.17) is 10.5 Å². The number of halogens is 1. The van der Waals surface area contributed by atoms with Gasteiger partial charge in [-0.15, -0.1) is 0 Å². The van der Waals surface area contributed by atoms with Crippen LogP contribution >= 0.6 is 0 Å². The quantitative estimate of drug-likeness (QED) is 0.780. The normalized spacial score (nSPS) is 17.6. The van der Waals surface area contributed by atoms with Gasteiger partial charge in [0.2, 0.25) is 0 Å². The molecule has 2 N–H and O–H groups in total. The lowest BCUT2D eigenvalue weighted by atomic mass is 9.98. The molecule has 0 aliphatic carbocycles. The maximum atomic E-state index is 13.3. The van der Waals surface area contributed by atoms with Gasteiger partial charge in [0.1, 0.15) is 6.17 Å². The molecule has 0 bridgehead atoms. The Hall–Kier alpha value is -0.930. The molecule has 1 unspecified atom stereocenters. The second-order valence-electron chi connectivity index (χ2n) is 3.53. The van der Waals surface area contributed by atoms with E-state index in [1.807, 2.05) is 12.1 Å². The lowest BCUT2D eigenvalue weighted by Crippen LogP contribution is -2.12. The zero-order valence-electron chi connectivity index (χ0n) is 8.00. The van der Waals surface area contributed by atoms with Crippen LogP contribution in [-0.4, -0.2) is 13.2 Å². The second kappa shape index (κ2) is 4.07. The van der Waals surface area contributed by atoms with E-state index in [1.54, 1.807) is 6.07 Å². The molecule has 14 heavy (non-hydrogen) atoms. The third-order valence-electron chi connectivity index (χ3n) is 2.57. The molecular weight excluding hydrogens is 181 g/mol. The van der Waals surface area contributed by atoms with E-state index in [2.05, 4.69) is 0 Å². The fourth-order valence-corrected chi connectivity index (χ4v) is 1.71. The summed E-state index contributed by atoms with van der Waals surface area (Å²) in [6.07, 6.45) is -0.163. The molecule has 3 heteroatoms. The van der Waals surface area contributed by atoms with Crippen LogP contribution in [0.25, 0.3) is 0 Å². The number of alkyl halides is 1. The lowest BCUT2D eigenvalue weighted by molar-refractivity contribution is 0.110. The molecular formula is C11H14FNO. The summed E-state index contributed by atoms with van der Waals surface area (Å²) in [5, 5.41) is 0. The third kappa shape index (κ3) is 1.79. The highest BCUT2D eigenvalue weighted by Gasteiger charge is 2.13. The summed E-state index contributed by atoms with van der Waals surface area (Å²) < 4.78 is 18.6. The van der Waals surface area contributed by atoms with Gasteiger partial charge in [-0.05, 0) is 23.1 Å². The fraction of sp³-hybridized carbons (Fsp3) is 0.455. The highest BCUT2D eigenvalue weighted by atomic mass is 19.1. The molecule has 1 heterocycles. The van der Waals surface area contributed by atoms with Crippen molar-refractivity contribution in [1.82, 2.24) is 0 Å². The molecule has 2 nitrogen and oxygen atoms in total. The maximum Gasteiger partial charge on any atom is 0.137 e. The zero-order chi connectivity index (χ0) is 9.97. The van der Waals surface area contributed by atoms with Gasteiger partial charge < -0.3 is 10.5 Å². The summed E-state index contributed by atoms with van der Waals surface area (Å²) in [5.41, 5.74) is 8.34. The van der Waals surface area contributed by atoms with E-state index in [0.717, 1.165) is 13.0 Å². The van der Waals surface area contributed by atoms with Crippen LogP contribution in [0.15, 0.2) is 18.2 Å². The molecule has 1 aliphatic heterocycles. The molecule has 0 aromatic heterocycles. The molecule has 1 aliphatic rings. The first-order valence-corrected chi connectivity index (χ1v) is 4.85. The van der Waals surface area contributed by atoms with Crippen molar-refractivity contribution in [3.63, 3.8) is 0 Å². The van der Waals surface area contributed by atoms with E-state index in [1.165, 1.54) is 11.1 Å². The molecule has 76 valence electrons. The van der Waals surface area contributed by atoms with E-state index < -0.39 is 6.17 Å². The number of rotatable bonds is 2. The number of ether oxygens (including phenoxy) is 1. The molecule has 0 saturated carbocycles. The van der Waals surface area contributed by atoms with Crippen LogP contribution < -0.4 is 5.73 Å².